The van der Waals surface area contributed by atoms with Crippen LogP contribution in [0.25, 0.3) is 11.3 Å². The molecule has 1 aromatic carbocycles. The van der Waals surface area contributed by atoms with Gasteiger partial charge in [0.1, 0.15) is 18.9 Å². The van der Waals surface area contributed by atoms with Crippen molar-refractivity contribution in [2.45, 2.75) is 13.2 Å². The summed E-state index contributed by atoms with van der Waals surface area (Å²) < 4.78 is 7.56. The standard InChI is InChI=1S/C17H20N4O2/c1-19-6-8-20(9-7-19)16(22)11-21-17-13(10-18-21)12-23-15-5-3-2-4-14(15)17/h2-5,10H,6-9,11-12H2,1H3. The second-order valence-electron chi connectivity index (χ2n) is 6.14. The number of likely N-dealkylation sites (N-methyl/N-ethyl adjacent to an activating group) is 1. The molecular formula is C17H20N4O2. The van der Waals surface area contributed by atoms with E-state index in [9.17, 15) is 4.79 Å². The first-order valence-corrected chi connectivity index (χ1v) is 7.95. The largest absolute Gasteiger partial charge is 0.488 e. The van der Waals surface area contributed by atoms with Gasteiger partial charge in [0.25, 0.3) is 0 Å². The first-order chi connectivity index (χ1) is 11.2. The van der Waals surface area contributed by atoms with Gasteiger partial charge in [-0.25, -0.2) is 0 Å². The van der Waals surface area contributed by atoms with Gasteiger partial charge in [-0.2, -0.15) is 5.10 Å². The van der Waals surface area contributed by atoms with Crippen molar-refractivity contribution >= 4 is 5.91 Å². The number of nitrogens with zero attached hydrogens (tertiary/aromatic N) is 4. The topological polar surface area (TPSA) is 50.6 Å². The molecule has 0 N–H and O–H groups in total. The van der Waals surface area contributed by atoms with Crippen molar-refractivity contribution in [3.05, 3.63) is 36.0 Å². The summed E-state index contributed by atoms with van der Waals surface area (Å²) in [5.74, 6) is 0.988. The number of piperazine rings is 1. The Morgan fingerprint density at radius 1 is 1.22 bits per heavy atom. The molecule has 0 bridgehead atoms. The fourth-order valence-corrected chi connectivity index (χ4v) is 3.19. The number of amides is 1. The molecule has 4 rings (SSSR count). The summed E-state index contributed by atoms with van der Waals surface area (Å²) in [6.45, 7) is 4.23. The van der Waals surface area contributed by atoms with E-state index in [-0.39, 0.29) is 12.5 Å². The normalized spacial score (nSPS) is 17.3. The van der Waals surface area contributed by atoms with Crippen molar-refractivity contribution in [1.82, 2.24) is 19.6 Å². The Balaban J connectivity index is 1.58. The van der Waals surface area contributed by atoms with Crippen LogP contribution in [-0.2, 0) is 17.9 Å². The number of fused-ring (bicyclic) bond motifs is 3. The molecule has 1 aromatic heterocycles. The van der Waals surface area contributed by atoms with Crippen LogP contribution in [0.4, 0.5) is 0 Å². The molecule has 2 aromatic rings. The van der Waals surface area contributed by atoms with Crippen LogP contribution in [0.1, 0.15) is 5.56 Å². The summed E-state index contributed by atoms with van der Waals surface area (Å²) in [5.41, 5.74) is 3.06. The molecule has 1 fully saturated rings. The number of carbonyl (C=O) groups excluding carboxylic acids is 1. The first kappa shape index (κ1) is 14.3. The lowest BCUT2D eigenvalue weighted by atomic mass is 10.0. The minimum atomic E-state index is 0.132. The van der Waals surface area contributed by atoms with E-state index in [4.69, 9.17) is 4.74 Å². The number of hydrogen-bond donors (Lipinski definition) is 0. The quantitative estimate of drug-likeness (QED) is 0.836. The molecule has 3 heterocycles. The monoisotopic (exact) mass is 312 g/mol. The number of para-hydroxylation sites is 1. The minimum absolute atomic E-state index is 0.132. The van der Waals surface area contributed by atoms with Crippen molar-refractivity contribution in [3.63, 3.8) is 0 Å². The van der Waals surface area contributed by atoms with E-state index in [1.54, 1.807) is 0 Å². The third kappa shape index (κ3) is 2.59. The van der Waals surface area contributed by atoms with Gasteiger partial charge in [-0.3, -0.25) is 9.48 Å². The van der Waals surface area contributed by atoms with Crippen LogP contribution in [0.2, 0.25) is 0 Å². The van der Waals surface area contributed by atoms with Gasteiger partial charge >= 0.3 is 0 Å². The molecule has 0 radical (unpaired) electrons. The Morgan fingerprint density at radius 3 is 2.83 bits per heavy atom. The zero-order valence-corrected chi connectivity index (χ0v) is 13.2. The highest BCUT2D eigenvalue weighted by molar-refractivity contribution is 5.78. The number of ether oxygens (including phenoxy) is 1. The summed E-state index contributed by atoms with van der Waals surface area (Å²) in [5, 5.41) is 4.43. The molecule has 120 valence electrons. The average Bonchev–Trinajstić information content (AvgIpc) is 2.99. The van der Waals surface area contributed by atoms with Crippen LogP contribution in [0.15, 0.2) is 30.5 Å². The maximum absolute atomic E-state index is 12.6. The number of benzene rings is 1. The van der Waals surface area contributed by atoms with E-state index in [2.05, 4.69) is 17.0 Å². The van der Waals surface area contributed by atoms with Gasteiger partial charge in [0.2, 0.25) is 5.91 Å². The second kappa shape index (κ2) is 5.70. The van der Waals surface area contributed by atoms with Crippen LogP contribution >= 0.6 is 0 Å². The molecule has 23 heavy (non-hydrogen) atoms. The molecule has 0 saturated carbocycles. The molecule has 1 amide bonds. The highest BCUT2D eigenvalue weighted by atomic mass is 16.5. The Morgan fingerprint density at radius 2 is 2.00 bits per heavy atom. The van der Waals surface area contributed by atoms with Crippen LogP contribution in [0.5, 0.6) is 5.75 Å². The highest BCUT2D eigenvalue weighted by Gasteiger charge is 2.25. The summed E-state index contributed by atoms with van der Waals surface area (Å²) in [4.78, 5) is 16.8. The van der Waals surface area contributed by atoms with Crippen LogP contribution in [0, 0.1) is 0 Å². The predicted octanol–water partition coefficient (Wildman–Crippen LogP) is 1.22. The second-order valence-corrected chi connectivity index (χ2v) is 6.14. The lowest BCUT2D eigenvalue weighted by Crippen LogP contribution is -2.48. The molecule has 6 heteroatoms. The Kier molecular flexibility index (Phi) is 3.53. The van der Waals surface area contributed by atoms with Crippen molar-refractivity contribution in [2.24, 2.45) is 0 Å². The molecule has 6 nitrogen and oxygen atoms in total. The lowest BCUT2D eigenvalue weighted by Gasteiger charge is -2.32. The summed E-state index contributed by atoms with van der Waals surface area (Å²) in [6, 6.07) is 7.92. The molecule has 0 atom stereocenters. The van der Waals surface area contributed by atoms with Gasteiger partial charge in [-0.1, -0.05) is 12.1 Å². The first-order valence-electron chi connectivity index (χ1n) is 7.95. The maximum Gasteiger partial charge on any atom is 0.244 e. The Bertz CT molecular complexity index is 732. The highest BCUT2D eigenvalue weighted by Crippen LogP contribution is 2.36. The van der Waals surface area contributed by atoms with Gasteiger partial charge in [-0.05, 0) is 19.2 Å². The Labute approximate surface area is 135 Å². The van der Waals surface area contributed by atoms with E-state index in [1.807, 2.05) is 40.0 Å². The summed E-state index contributed by atoms with van der Waals surface area (Å²) in [6.07, 6.45) is 1.81. The molecular weight excluding hydrogens is 292 g/mol. The smallest absolute Gasteiger partial charge is 0.244 e. The lowest BCUT2D eigenvalue weighted by molar-refractivity contribution is -0.133. The average molecular weight is 312 g/mol. The molecule has 2 aliphatic rings. The van der Waals surface area contributed by atoms with Crippen molar-refractivity contribution in [2.75, 3.05) is 33.2 Å². The fourth-order valence-electron chi connectivity index (χ4n) is 3.19. The predicted molar refractivity (Wildman–Crippen MR) is 86.1 cm³/mol. The van der Waals surface area contributed by atoms with E-state index in [0.717, 1.165) is 48.7 Å². The molecule has 0 spiro atoms. The number of hydrogen-bond acceptors (Lipinski definition) is 4. The zero-order valence-electron chi connectivity index (χ0n) is 13.2. The van der Waals surface area contributed by atoms with Gasteiger partial charge < -0.3 is 14.5 Å². The van der Waals surface area contributed by atoms with Crippen molar-refractivity contribution in [1.29, 1.82) is 0 Å². The molecule has 1 saturated heterocycles. The summed E-state index contributed by atoms with van der Waals surface area (Å²) in [7, 11) is 2.09. The van der Waals surface area contributed by atoms with Gasteiger partial charge in [0.15, 0.2) is 0 Å². The fraction of sp³-hybridized carbons (Fsp3) is 0.412. The van der Waals surface area contributed by atoms with Gasteiger partial charge in [-0.15, -0.1) is 0 Å². The van der Waals surface area contributed by atoms with Gasteiger partial charge in [0, 0.05) is 37.3 Å². The Hall–Kier alpha value is -2.34. The third-order valence-electron chi connectivity index (χ3n) is 4.58. The van der Waals surface area contributed by atoms with E-state index < -0.39 is 0 Å². The number of aromatic nitrogens is 2. The van der Waals surface area contributed by atoms with Crippen LogP contribution in [0.3, 0.4) is 0 Å². The van der Waals surface area contributed by atoms with Crippen molar-refractivity contribution in [3.8, 4) is 17.0 Å². The maximum atomic E-state index is 12.6. The van der Waals surface area contributed by atoms with Crippen LogP contribution in [-0.4, -0.2) is 58.7 Å². The van der Waals surface area contributed by atoms with E-state index >= 15 is 0 Å². The molecule has 2 aliphatic heterocycles. The molecule has 0 unspecified atom stereocenters. The number of rotatable bonds is 2. The SMILES string of the molecule is CN1CCN(C(=O)Cn2ncc3c2-c2ccccc2OC3)CC1. The third-order valence-corrected chi connectivity index (χ3v) is 4.58. The minimum Gasteiger partial charge on any atom is -0.488 e. The zero-order chi connectivity index (χ0) is 15.8. The van der Waals surface area contributed by atoms with E-state index in [1.165, 1.54) is 0 Å². The van der Waals surface area contributed by atoms with Crippen molar-refractivity contribution < 1.29 is 9.53 Å². The number of carbonyl (C=O) groups is 1. The van der Waals surface area contributed by atoms with Gasteiger partial charge in [0.05, 0.1) is 11.9 Å². The summed E-state index contributed by atoms with van der Waals surface area (Å²) >= 11 is 0. The molecule has 0 aliphatic carbocycles. The van der Waals surface area contributed by atoms with E-state index in [0.29, 0.717) is 6.61 Å². The van der Waals surface area contributed by atoms with Crippen LogP contribution < -0.4 is 4.74 Å².